The highest BCUT2D eigenvalue weighted by Crippen LogP contribution is 2.25. The van der Waals surface area contributed by atoms with Gasteiger partial charge in [0.05, 0.1) is 27.7 Å². The maximum atomic E-state index is 12.6. The summed E-state index contributed by atoms with van der Waals surface area (Å²) in [5.74, 6) is 0.0491. The van der Waals surface area contributed by atoms with Gasteiger partial charge in [0.1, 0.15) is 6.10 Å². The van der Waals surface area contributed by atoms with Gasteiger partial charge in [0.25, 0.3) is 11.6 Å². The van der Waals surface area contributed by atoms with Crippen LogP contribution >= 0.6 is 11.6 Å². The molecule has 0 bridgehead atoms. The van der Waals surface area contributed by atoms with Crippen molar-refractivity contribution in [1.82, 2.24) is 15.1 Å². The monoisotopic (exact) mass is 362 g/mol. The summed E-state index contributed by atoms with van der Waals surface area (Å²) in [5.41, 5.74) is 0.734. The number of amides is 1. The number of carbonyl (C=O) groups is 1. The van der Waals surface area contributed by atoms with E-state index < -0.39 is 4.92 Å². The first-order chi connectivity index (χ1) is 11.9. The number of carbonyl (C=O) groups excluding carboxylic acids is 1. The molecule has 0 saturated carbocycles. The van der Waals surface area contributed by atoms with Crippen LogP contribution in [0.3, 0.4) is 0 Å². The Hall–Kier alpha value is -2.74. The molecular formula is C16H15ClN4O4. The molecule has 9 heteroatoms. The van der Waals surface area contributed by atoms with Crippen molar-refractivity contribution in [2.24, 2.45) is 0 Å². The number of likely N-dealkylation sites (tertiary alicyclic amines) is 1. The Morgan fingerprint density at radius 3 is 2.84 bits per heavy atom. The zero-order valence-electron chi connectivity index (χ0n) is 13.4. The zero-order valence-corrected chi connectivity index (χ0v) is 14.1. The van der Waals surface area contributed by atoms with Crippen LogP contribution in [0.1, 0.15) is 22.5 Å². The van der Waals surface area contributed by atoms with Crippen LogP contribution in [0.4, 0.5) is 5.69 Å². The number of aryl methyl sites for hydroxylation is 1. The van der Waals surface area contributed by atoms with Crippen LogP contribution < -0.4 is 4.74 Å². The summed E-state index contributed by atoms with van der Waals surface area (Å²) in [6, 6.07) is 7.35. The van der Waals surface area contributed by atoms with E-state index >= 15 is 0 Å². The van der Waals surface area contributed by atoms with E-state index in [1.54, 1.807) is 17.0 Å². The van der Waals surface area contributed by atoms with E-state index in [-0.39, 0.29) is 28.3 Å². The Morgan fingerprint density at radius 2 is 2.16 bits per heavy atom. The first-order valence-electron chi connectivity index (χ1n) is 7.64. The molecule has 1 aliphatic heterocycles. The average molecular weight is 363 g/mol. The molecule has 1 amide bonds. The van der Waals surface area contributed by atoms with Crippen molar-refractivity contribution in [2.45, 2.75) is 19.4 Å². The van der Waals surface area contributed by atoms with Gasteiger partial charge in [0, 0.05) is 31.2 Å². The van der Waals surface area contributed by atoms with Gasteiger partial charge in [0.2, 0.25) is 5.88 Å². The second-order valence-electron chi connectivity index (χ2n) is 5.71. The summed E-state index contributed by atoms with van der Waals surface area (Å²) in [6.07, 6.45) is 0.423. The number of nitrogens with zero attached hydrogens (tertiary/aromatic N) is 4. The minimum Gasteiger partial charge on any atom is -0.471 e. The Balaban J connectivity index is 1.69. The topological polar surface area (TPSA) is 98.5 Å². The smallest absolute Gasteiger partial charge is 0.270 e. The lowest BCUT2D eigenvalue weighted by molar-refractivity contribution is -0.384. The van der Waals surface area contributed by atoms with Gasteiger partial charge in [-0.05, 0) is 19.1 Å². The molecule has 25 heavy (non-hydrogen) atoms. The lowest BCUT2D eigenvalue weighted by atomic mass is 10.2. The number of hydrogen-bond donors (Lipinski definition) is 0. The molecule has 8 nitrogen and oxygen atoms in total. The van der Waals surface area contributed by atoms with Gasteiger partial charge in [-0.25, -0.2) is 0 Å². The van der Waals surface area contributed by atoms with E-state index in [0.29, 0.717) is 25.4 Å². The first-order valence-corrected chi connectivity index (χ1v) is 8.02. The number of halogens is 1. The molecule has 3 rings (SSSR count). The first kappa shape index (κ1) is 17.1. The van der Waals surface area contributed by atoms with Crippen molar-refractivity contribution >= 4 is 23.2 Å². The van der Waals surface area contributed by atoms with Gasteiger partial charge < -0.3 is 9.64 Å². The van der Waals surface area contributed by atoms with Crippen LogP contribution in [0.2, 0.25) is 5.02 Å². The van der Waals surface area contributed by atoms with Crippen molar-refractivity contribution in [1.29, 1.82) is 0 Å². The quantitative estimate of drug-likeness (QED) is 0.612. The fraction of sp³-hybridized carbons (Fsp3) is 0.312. The van der Waals surface area contributed by atoms with E-state index in [2.05, 4.69) is 10.2 Å². The largest absolute Gasteiger partial charge is 0.471 e. The normalized spacial score (nSPS) is 16.7. The molecule has 1 aromatic heterocycles. The van der Waals surface area contributed by atoms with Crippen LogP contribution in [0.25, 0.3) is 0 Å². The molecule has 1 saturated heterocycles. The molecule has 1 fully saturated rings. The van der Waals surface area contributed by atoms with Crippen molar-refractivity contribution in [3.8, 4) is 5.88 Å². The number of rotatable bonds is 4. The number of non-ortho nitro benzene ring substituents is 1. The predicted octanol–water partition coefficient (Wildman–Crippen LogP) is 2.64. The van der Waals surface area contributed by atoms with Crippen LogP contribution in [-0.2, 0) is 0 Å². The fourth-order valence-corrected chi connectivity index (χ4v) is 2.79. The molecule has 2 aromatic rings. The maximum Gasteiger partial charge on any atom is 0.270 e. The van der Waals surface area contributed by atoms with Crippen LogP contribution in [0.5, 0.6) is 5.88 Å². The summed E-state index contributed by atoms with van der Waals surface area (Å²) < 4.78 is 5.73. The molecule has 0 spiro atoms. The fourth-order valence-electron chi connectivity index (χ4n) is 2.59. The van der Waals surface area contributed by atoms with Gasteiger partial charge in [-0.1, -0.05) is 11.6 Å². The lowest BCUT2D eigenvalue weighted by Gasteiger charge is -2.17. The maximum absolute atomic E-state index is 12.6. The highest BCUT2D eigenvalue weighted by molar-refractivity contribution is 6.33. The van der Waals surface area contributed by atoms with Crippen molar-refractivity contribution in [3.63, 3.8) is 0 Å². The average Bonchev–Trinajstić information content (AvgIpc) is 3.05. The highest BCUT2D eigenvalue weighted by Gasteiger charge is 2.30. The van der Waals surface area contributed by atoms with E-state index in [1.165, 1.54) is 18.2 Å². The zero-order chi connectivity index (χ0) is 18.0. The number of aromatic nitrogens is 2. The molecule has 0 aliphatic carbocycles. The molecular weight excluding hydrogens is 348 g/mol. The second-order valence-corrected chi connectivity index (χ2v) is 6.12. The predicted molar refractivity (Wildman–Crippen MR) is 89.8 cm³/mol. The molecule has 0 radical (unpaired) electrons. The Bertz CT molecular complexity index is 812. The van der Waals surface area contributed by atoms with Gasteiger partial charge in [0.15, 0.2) is 0 Å². The molecule has 2 heterocycles. The SMILES string of the molecule is Cc1ccc(OC2CCN(C(=O)c3cc([N+](=O)[O-])ccc3Cl)C2)nn1. The minimum atomic E-state index is -0.556. The number of nitro groups is 1. The molecule has 1 unspecified atom stereocenters. The van der Waals surface area contributed by atoms with Crippen LogP contribution in [0.15, 0.2) is 30.3 Å². The van der Waals surface area contributed by atoms with Crippen LogP contribution in [-0.4, -0.2) is 45.1 Å². The third kappa shape index (κ3) is 3.85. The van der Waals surface area contributed by atoms with E-state index in [0.717, 1.165) is 5.69 Å². The third-order valence-electron chi connectivity index (χ3n) is 3.88. The summed E-state index contributed by atoms with van der Waals surface area (Å²) in [5, 5.41) is 18.9. The van der Waals surface area contributed by atoms with Crippen molar-refractivity contribution in [3.05, 3.63) is 56.7 Å². The van der Waals surface area contributed by atoms with Gasteiger partial charge in [-0.15, -0.1) is 5.10 Å². The Kier molecular flexibility index (Phi) is 4.80. The van der Waals surface area contributed by atoms with E-state index in [9.17, 15) is 14.9 Å². The number of nitro benzene ring substituents is 1. The highest BCUT2D eigenvalue weighted by atomic mass is 35.5. The van der Waals surface area contributed by atoms with Gasteiger partial charge in [-0.3, -0.25) is 14.9 Å². The van der Waals surface area contributed by atoms with E-state index in [4.69, 9.17) is 16.3 Å². The summed E-state index contributed by atoms with van der Waals surface area (Å²) in [7, 11) is 0. The number of hydrogen-bond acceptors (Lipinski definition) is 6. The summed E-state index contributed by atoms with van der Waals surface area (Å²) in [6.45, 7) is 2.66. The lowest BCUT2D eigenvalue weighted by Crippen LogP contribution is -2.31. The van der Waals surface area contributed by atoms with Gasteiger partial charge >= 0.3 is 0 Å². The van der Waals surface area contributed by atoms with Crippen molar-refractivity contribution < 1.29 is 14.5 Å². The molecule has 0 N–H and O–H groups in total. The molecule has 130 valence electrons. The summed E-state index contributed by atoms with van der Waals surface area (Å²) >= 11 is 6.04. The Labute approximate surface area is 148 Å². The van der Waals surface area contributed by atoms with Gasteiger partial charge in [-0.2, -0.15) is 5.10 Å². The number of benzene rings is 1. The molecule has 1 aromatic carbocycles. The van der Waals surface area contributed by atoms with E-state index in [1.807, 2.05) is 6.92 Å². The third-order valence-corrected chi connectivity index (χ3v) is 4.21. The van der Waals surface area contributed by atoms with Crippen LogP contribution in [0, 0.1) is 17.0 Å². The number of ether oxygens (including phenoxy) is 1. The summed E-state index contributed by atoms with van der Waals surface area (Å²) in [4.78, 5) is 24.5. The van der Waals surface area contributed by atoms with Crippen molar-refractivity contribution in [2.75, 3.05) is 13.1 Å². The molecule has 1 atom stereocenters. The Morgan fingerprint density at radius 1 is 1.36 bits per heavy atom. The molecule has 1 aliphatic rings. The minimum absolute atomic E-state index is 0.117. The second kappa shape index (κ2) is 7.02. The standard InChI is InChI=1S/C16H15ClN4O4/c1-10-2-5-15(19-18-10)25-12-6-7-20(9-12)16(22)13-8-11(21(23)24)3-4-14(13)17/h2-5,8,12H,6-7,9H2,1H3.